The Hall–Kier alpha value is -1.59. The topological polar surface area (TPSA) is 38.9 Å². The lowest BCUT2D eigenvalue weighted by molar-refractivity contribution is -0.138. The molecule has 1 atom stereocenters. The molecule has 1 heterocycles. The molecule has 0 saturated carbocycles. The number of pyridine rings is 1. The molecule has 0 aliphatic rings. The molecule has 0 aliphatic carbocycles. The third-order valence-corrected chi connectivity index (χ3v) is 3.08. The Labute approximate surface area is 113 Å². The van der Waals surface area contributed by atoms with Gasteiger partial charge >= 0.3 is 6.18 Å². The molecule has 1 unspecified atom stereocenters. The third-order valence-electron chi connectivity index (χ3n) is 2.73. The number of hydrogen-bond donors (Lipinski definition) is 1. The fraction of sp³-hybridized carbons (Fsp3) is 0.154. The largest absolute Gasteiger partial charge is 0.416 e. The van der Waals surface area contributed by atoms with Crippen LogP contribution >= 0.6 is 11.6 Å². The third kappa shape index (κ3) is 2.88. The molecule has 0 spiro atoms. The van der Waals surface area contributed by atoms with Gasteiger partial charge in [-0.2, -0.15) is 13.2 Å². The Morgan fingerprint density at radius 2 is 1.79 bits per heavy atom. The number of nitrogens with two attached hydrogens (primary N) is 1. The van der Waals surface area contributed by atoms with Gasteiger partial charge in [-0.1, -0.05) is 29.8 Å². The Kier molecular flexibility index (Phi) is 3.78. The van der Waals surface area contributed by atoms with Crippen LogP contribution in [0.3, 0.4) is 0 Å². The predicted molar refractivity (Wildman–Crippen MR) is 66.7 cm³/mol. The average Bonchev–Trinajstić information content (AvgIpc) is 2.37. The Bertz CT molecular complexity index is 584. The first kappa shape index (κ1) is 13.8. The number of halogens is 4. The summed E-state index contributed by atoms with van der Waals surface area (Å²) >= 11 is 5.95. The van der Waals surface area contributed by atoms with Crippen molar-refractivity contribution in [2.24, 2.45) is 5.73 Å². The SMILES string of the molecule is NC(c1ccccc1Cl)c1cnccc1C(F)(F)F. The Morgan fingerprint density at radius 1 is 1.11 bits per heavy atom. The van der Waals surface area contributed by atoms with Crippen molar-refractivity contribution in [2.45, 2.75) is 12.2 Å². The van der Waals surface area contributed by atoms with Gasteiger partial charge < -0.3 is 5.73 Å². The van der Waals surface area contributed by atoms with E-state index in [1.54, 1.807) is 24.3 Å². The highest BCUT2D eigenvalue weighted by Crippen LogP contribution is 2.36. The number of benzene rings is 1. The lowest BCUT2D eigenvalue weighted by Crippen LogP contribution is -2.19. The molecule has 0 bridgehead atoms. The van der Waals surface area contributed by atoms with Crippen molar-refractivity contribution in [1.82, 2.24) is 4.98 Å². The molecule has 2 aromatic rings. The lowest BCUT2D eigenvalue weighted by atomic mass is 9.96. The summed E-state index contributed by atoms with van der Waals surface area (Å²) in [6.45, 7) is 0. The molecule has 0 saturated heterocycles. The number of nitrogens with zero attached hydrogens (tertiary/aromatic N) is 1. The summed E-state index contributed by atoms with van der Waals surface area (Å²) in [5.74, 6) is 0. The molecule has 1 aromatic carbocycles. The van der Waals surface area contributed by atoms with Crippen LogP contribution in [0.1, 0.15) is 22.7 Å². The maximum atomic E-state index is 12.9. The second-order valence-electron chi connectivity index (χ2n) is 3.96. The predicted octanol–water partition coefficient (Wildman–Crippen LogP) is 3.80. The Balaban J connectivity index is 2.51. The molecule has 0 radical (unpaired) electrons. The Morgan fingerprint density at radius 3 is 2.42 bits per heavy atom. The van der Waals surface area contributed by atoms with E-state index in [1.165, 1.54) is 0 Å². The summed E-state index contributed by atoms with van der Waals surface area (Å²) in [6.07, 6.45) is -2.26. The second kappa shape index (κ2) is 5.19. The zero-order valence-electron chi connectivity index (χ0n) is 9.66. The van der Waals surface area contributed by atoms with Gasteiger partial charge in [0.15, 0.2) is 0 Å². The minimum Gasteiger partial charge on any atom is -0.320 e. The average molecular weight is 287 g/mol. The zero-order chi connectivity index (χ0) is 14.0. The van der Waals surface area contributed by atoms with Crippen LogP contribution in [0.5, 0.6) is 0 Å². The van der Waals surface area contributed by atoms with E-state index in [4.69, 9.17) is 17.3 Å². The smallest absolute Gasteiger partial charge is 0.320 e. The molecule has 0 fully saturated rings. The molecule has 6 heteroatoms. The van der Waals surface area contributed by atoms with E-state index in [0.29, 0.717) is 10.6 Å². The normalized spacial score (nSPS) is 13.3. The minimum atomic E-state index is -4.48. The van der Waals surface area contributed by atoms with Crippen LogP contribution in [-0.4, -0.2) is 4.98 Å². The van der Waals surface area contributed by atoms with E-state index < -0.39 is 17.8 Å². The summed E-state index contributed by atoms with van der Waals surface area (Å²) in [5.41, 5.74) is 5.43. The van der Waals surface area contributed by atoms with Gasteiger partial charge in [-0.25, -0.2) is 0 Å². The first-order valence-electron chi connectivity index (χ1n) is 5.42. The zero-order valence-corrected chi connectivity index (χ0v) is 10.4. The van der Waals surface area contributed by atoms with Gasteiger partial charge in [0.2, 0.25) is 0 Å². The second-order valence-corrected chi connectivity index (χ2v) is 4.37. The highest BCUT2D eigenvalue weighted by Gasteiger charge is 2.35. The van der Waals surface area contributed by atoms with Crippen LogP contribution < -0.4 is 5.73 Å². The molecule has 1 aromatic heterocycles. The van der Waals surface area contributed by atoms with E-state index in [1.807, 2.05) is 0 Å². The summed E-state index contributed by atoms with van der Waals surface area (Å²) in [4.78, 5) is 3.71. The molecular weight excluding hydrogens is 277 g/mol. The minimum absolute atomic E-state index is 0.0944. The summed E-state index contributed by atoms with van der Waals surface area (Å²) in [5, 5.41) is 0.326. The highest BCUT2D eigenvalue weighted by molar-refractivity contribution is 6.31. The quantitative estimate of drug-likeness (QED) is 0.912. The van der Waals surface area contributed by atoms with Crippen molar-refractivity contribution < 1.29 is 13.2 Å². The van der Waals surface area contributed by atoms with Crippen LogP contribution in [0.2, 0.25) is 5.02 Å². The number of aromatic nitrogens is 1. The van der Waals surface area contributed by atoms with Crippen molar-refractivity contribution >= 4 is 11.6 Å². The highest BCUT2D eigenvalue weighted by atomic mass is 35.5. The van der Waals surface area contributed by atoms with E-state index >= 15 is 0 Å². The maximum Gasteiger partial charge on any atom is 0.416 e. The van der Waals surface area contributed by atoms with E-state index in [2.05, 4.69) is 4.98 Å². The summed E-state index contributed by atoms with van der Waals surface area (Å²) in [6, 6.07) is 6.48. The number of hydrogen-bond acceptors (Lipinski definition) is 2. The summed E-state index contributed by atoms with van der Waals surface area (Å²) < 4.78 is 38.7. The summed E-state index contributed by atoms with van der Waals surface area (Å²) in [7, 11) is 0. The van der Waals surface area contributed by atoms with Gasteiger partial charge in [0.25, 0.3) is 0 Å². The van der Waals surface area contributed by atoms with Crippen molar-refractivity contribution in [3.63, 3.8) is 0 Å². The fourth-order valence-corrected chi connectivity index (χ4v) is 2.06. The molecule has 2 N–H and O–H groups in total. The standard InChI is InChI=1S/C13H10ClF3N2/c14-11-4-2-1-3-8(11)12(18)9-7-19-6-5-10(9)13(15,16)17/h1-7,12H,18H2. The van der Waals surface area contributed by atoms with Crippen molar-refractivity contribution in [3.05, 3.63) is 64.4 Å². The van der Waals surface area contributed by atoms with Crippen molar-refractivity contribution in [3.8, 4) is 0 Å². The first-order chi connectivity index (χ1) is 8.91. The van der Waals surface area contributed by atoms with Crippen LogP contribution in [0.25, 0.3) is 0 Å². The van der Waals surface area contributed by atoms with Gasteiger partial charge in [0.05, 0.1) is 11.6 Å². The van der Waals surface area contributed by atoms with Crippen LogP contribution in [0.4, 0.5) is 13.2 Å². The van der Waals surface area contributed by atoms with Crippen molar-refractivity contribution in [1.29, 1.82) is 0 Å². The molecular formula is C13H10ClF3N2. The van der Waals surface area contributed by atoms with E-state index in [-0.39, 0.29) is 5.56 Å². The molecule has 19 heavy (non-hydrogen) atoms. The molecule has 0 amide bonds. The molecule has 100 valence electrons. The van der Waals surface area contributed by atoms with Gasteiger partial charge in [0, 0.05) is 23.0 Å². The van der Waals surface area contributed by atoms with Gasteiger partial charge in [-0.15, -0.1) is 0 Å². The molecule has 0 aliphatic heterocycles. The van der Waals surface area contributed by atoms with E-state index in [9.17, 15) is 13.2 Å². The van der Waals surface area contributed by atoms with Gasteiger partial charge in [0.1, 0.15) is 0 Å². The van der Waals surface area contributed by atoms with Crippen LogP contribution in [-0.2, 0) is 6.18 Å². The maximum absolute atomic E-state index is 12.9. The monoisotopic (exact) mass is 286 g/mol. The van der Waals surface area contributed by atoms with Crippen LogP contribution in [0.15, 0.2) is 42.7 Å². The first-order valence-corrected chi connectivity index (χ1v) is 5.80. The fourth-order valence-electron chi connectivity index (χ4n) is 1.81. The number of rotatable bonds is 2. The van der Waals surface area contributed by atoms with Crippen LogP contribution in [0, 0.1) is 0 Å². The van der Waals surface area contributed by atoms with E-state index in [0.717, 1.165) is 18.5 Å². The molecule has 2 nitrogen and oxygen atoms in total. The van der Waals surface area contributed by atoms with Gasteiger partial charge in [-0.3, -0.25) is 4.98 Å². The number of alkyl halides is 3. The lowest BCUT2D eigenvalue weighted by Gasteiger charge is -2.18. The van der Waals surface area contributed by atoms with Gasteiger partial charge in [-0.05, 0) is 17.7 Å². The molecule has 2 rings (SSSR count). The van der Waals surface area contributed by atoms with Crippen molar-refractivity contribution in [2.75, 3.05) is 0 Å².